The van der Waals surface area contributed by atoms with Gasteiger partial charge in [0.05, 0.1) is 17.1 Å². The Morgan fingerprint density at radius 2 is 2.33 bits per heavy atom. The summed E-state index contributed by atoms with van der Waals surface area (Å²) >= 11 is 0. The summed E-state index contributed by atoms with van der Waals surface area (Å²) < 4.78 is 13.0. The van der Waals surface area contributed by atoms with Gasteiger partial charge in [-0.15, -0.1) is 0 Å². The van der Waals surface area contributed by atoms with Crippen molar-refractivity contribution in [2.24, 2.45) is 0 Å². The molecule has 0 radical (unpaired) electrons. The third-order valence-corrected chi connectivity index (χ3v) is 1.48. The highest BCUT2D eigenvalue weighted by atomic mass is 32.2. The van der Waals surface area contributed by atoms with Gasteiger partial charge < -0.3 is 5.11 Å². The lowest BCUT2D eigenvalue weighted by Gasteiger charge is -2.02. The average molecular weight is 151 g/mol. The Bertz CT molecular complexity index is 95.0. The SMILES string of the molecule is CC(O)CCNS(C)=O. The molecule has 0 rings (SSSR count). The first kappa shape index (κ1) is 9.07. The lowest BCUT2D eigenvalue weighted by Crippen LogP contribution is -2.20. The number of aliphatic hydroxyl groups excluding tert-OH is 1. The van der Waals surface area contributed by atoms with E-state index < -0.39 is 11.0 Å². The van der Waals surface area contributed by atoms with E-state index in [1.54, 1.807) is 13.2 Å². The summed E-state index contributed by atoms with van der Waals surface area (Å²) in [4.78, 5) is 0. The van der Waals surface area contributed by atoms with Gasteiger partial charge in [-0.25, -0.2) is 8.93 Å². The standard InChI is InChI=1S/C5H13NO2S/c1-5(7)3-4-6-9(2)8/h5-7H,3-4H2,1-2H3. The molecule has 0 aromatic rings. The average Bonchev–Trinajstić information content (AvgIpc) is 1.63. The fourth-order valence-corrected chi connectivity index (χ4v) is 0.817. The van der Waals surface area contributed by atoms with Crippen LogP contribution in [0.2, 0.25) is 0 Å². The lowest BCUT2D eigenvalue weighted by atomic mass is 10.3. The van der Waals surface area contributed by atoms with Crippen LogP contribution in [-0.2, 0) is 11.0 Å². The van der Waals surface area contributed by atoms with Crippen LogP contribution >= 0.6 is 0 Å². The van der Waals surface area contributed by atoms with Gasteiger partial charge in [0.1, 0.15) is 0 Å². The maximum atomic E-state index is 10.3. The second kappa shape index (κ2) is 4.90. The van der Waals surface area contributed by atoms with Crippen LogP contribution < -0.4 is 4.72 Å². The Balaban J connectivity index is 3.01. The molecule has 2 N–H and O–H groups in total. The molecular weight excluding hydrogens is 138 g/mol. The fraction of sp³-hybridized carbons (Fsp3) is 1.00. The quantitative estimate of drug-likeness (QED) is 0.576. The summed E-state index contributed by atoms with van der Waals surface area (Å²) in [5, 5.41) is 8.73. The molecule has 0 aliphatic rings. The van der Waals surface area contributed by atoms with Crippen LogP contribution in [0.5, 0.6) is 0 Å². The zero-order chi connectivity index (χ0) is 7.28. The van der Waals surface area contributed by atoms with Crippen LogP contribution in [0.3, 0.4) is 0 Å². The van der Waals surface area contributed by atoms with Gasteiger partial charge in [0.15, 0.2) is 0 Å². The minimum atomic E-state index is -0.943. The molecule has 2 unspecified atom stereocenters. The second-order valence-corrected chi connectivity index (χ2v) is 3.18. The summed E-state index contributed by atoms with van der Waals surface area (Å²) in [6.07, 6.45) is 1.92. The van der Waals surface area contributed by atoms with Crippen molar-refractivity contribution in [3.63, 3.8) is 0 Å². The van der Waals surface area contributed by atoms with E-state index in [1.807, 2.05) is 0 Å². The molecule has 0 heterocycles. The molecule has 0 amide bonds. The molecule has 0 fully saturated rings. The third-order valence-electron chi connectivity index (χ3n) is 0.867. The molecule has 4 heteroatoms. The highest BCUT2D eigenvalue weighted by Gasteiger charge is 1.94. The fourth-order valence-electron chi connectivity index (χ4n) is 0.412. The third kappa shape index (κ3) is 8.07. The highest BCUT2D eigenvalue weighted by Crippen LogP contribution is 1.85. The van der Waals surface area contributed by atoms with Crippen molar-refractivity contribution >= 4 is 11.0 Å². The monoisotopic (exact) mass is 151 g/mol. The second-order valence-electron chi connectivity index (χ2n) is 1.99. The van der Waals surface area contributed by atoms with Gasteiger partial charge in [0, 0.05) is 12.8 Å². The predicted octanol–water partition coefficient (Wildman–Crippen LogP) is -0.360. The van der Waals surface area contributed by atoms with Crippen molar-refractivity contribution in [1.82, 2.24) is 4.72 Å². The van der Waals surface area contributed by atoms with Gasteiger partial charge in [-0.2, -0.15) is 0 Å². The van der Waals surface area contributed by atoms with Crippen molar-refractivity contribution in [1.29, 1.82) is 0 Å². The summed E-state index contributed by atoms with van der Waals surface area (Å²) in [5.41, 5.74) is 0. The summed E-state index contributed by atoms with van der Waals surface area (Å²) in [5.74, 6) is 0. The molecular formula is C5H13NO2S. The summed E-state index contributed by atoms with van der Waals surface area (Å²) in [6, 6.07) is 0. The van der Waals surface area contributed by atoms with Crippen LogP contribution in [0.25, 0.3) is 0 Å². The maximum absolute atomic E-state index is 10.3. The summed E-state index contributed by atoms with van der Waals surface area (Å²) in [6.45, 7) is 2.32. The molecule has 0 aliphatic carbocycles. The minimum Gasteiger partial charge on any atom is -0.393 e. The molecule has 56 valence electrons. The van der Waals surface area contributed by atoms with E-state index in [0.29, 0.717) is 13.0 Å². The van der Waals surface area contributed by atoms with Gasteiger partial charge in [0.2, 0.25) is 0 Å². The smallest absolute Gasteiger partial charge is 0.0883 e. The Morgan fingerprint density at radius 3 is 2.67 bits per heavy atom. The first-order valence-electron chi connectivity index (χ1n) is 2.88. The number of aliphatic hydroxyl groups is 1. The lowest BCUT2D eigenvalue weighted by molar-refractivity contribution is 0.186. The molecule has 0 spiro atoms. The molecule has 0 aromatic carbocycles. The molecule has 0 aromatic heterocycles. The van der Waals surface area contributed by atoms with Gasteiger partial charge >= 0.3 is 0 Å². The van der Waals surface area contributed by atoms with Gasteiger partial charge in [-0.3, -0.25) is 0 Å². The van der Waals surface area contributed by atoms with E-state index in [4.69, 9.17) is 5.11 Å². The van der Waals surface area contributed by atoms with E-state index in [0.717, 1.165) is 0 Å². The van der Waals surface area contributed by atoms with E-state index >= 15 is 0 Å². The van der Waals surface area contributed by atoms with E-state index in [9.17, 15) is 4.21 Å². The van der Waals surface area contributed by atoms with Gasteiger partial charge in [0.25, 0.3) is 0 Å². The van der Waals surface area contributed by atoms with E-state index in [-0.39, 0.29) is 6.10 Å². The first-order chi connectivity index (χ1) is 4.13. The van der Waals surface area contributed by atoms with Crippen LogP contribution in [0, 0.1) is 0 Å². The number of nitrogens with one attached hydrogen (secondary N) is 1. The maximum Gasteiger partial charge on any atom is 0.0883 e. The first-order valence-corrected chi connectivity index (χ1v) is 4.43. The zero-order valence-corrected chi connectivity index (χ0v) is 6.57. The molecule has 2 atom stereocenters. The molecule has 0 bridgehead atoms. The Morgan fingerprint density at radius 1 is 1.78 bits per heavy atom. The Labute approximate surface area is 58.1 Å². The number of rotatable bonds is 4. The van der Waals surface area contributed by atoms with Gasteiger partial charge in [-0.1, -0.05) is 0 Å². The summed E-state index contributed by atoms with van der Waals surface area (Å²) in [7, 11) is -0.943. The highest BCUT2D eigenvalue weighted by molar-refractivity contribution is 7.82. The van der Waals surface area contributed by atoms with Crippen molar-refractivity contribution in [3.8, 4) is 0 Å². The van der Waals surface area contributed by atoms with Crippen molar-refractivity contribution < 1.29 is 9.32 Å². The van der Waals surface area contributed by atoms with Crippen molar-refractivity contribution in [2.45, 2.75) is 19.4 Å². The molecule has 0 aliphatic heterocycles. The number of hydrogen-bond acceptors (Lipinski definition) is 2. The Hall–Kier alpha value is 0.0700. The topological polar surface area (TPSA) is 49.3 Å². The molecule has 0 saturated carbocycles. The molecule has 3 nitrogen and oxygen atoms in total. The number of hydrogen-bond donors (Lipinski definition) is 2. The predicted molar refractivity (Wildman–Crippen MR) is 38.4 cm³/mol. The van der Waals surface area contributed by atoms with Crippen molar-refractivity contribution in [3.05, 3.63) is 0 Å². The van der Waals surface area contributed by atoms with Crippen LogP contribution in [0.4, 0.5) is 0 Å². The normalized spacial score (nSPS) is 17.2. The zero-order valence-electron chi connectivity index (χ0n) is 5.76. The van der Waals surface area contributed by atoms with Crippen molar-refractivity contribution in [2.75, 3.05) is 12.8 Å². The van der Waals surface area contributed by atoms with E-state index in [1.165, 1.54) is 0 Å². The van der Waals surface area contributed by atoms with Crippen LogP contribution in [0.15, 0.2) is 0 Å². The van der Waals surface area contributed by atoms with E-state index in [2.05, 4.69) is 4.72 Å². The van der Waals surface area contributed by atoms with Crippen LogP contribution in [-0.4, -0.2) is 28.2 Å². The largest absolute Gasteiger partial charge is 0.393 e. The molecule has 0 saturated heterocycles. The Kier molecular flexibility index (Phi) is 4.94. The molecule has 9 heavy (non-hydrogen) atoms. The van der Waals surface area contributed by atoms with Crippen LogP contribution in [0.1, 0.15) is 13.3 Å². The minimum absolute atomic E-state index is 0.305. The van der Waals surface area contributed by atoms with Gasteiger partial charge in [-0.05, 0) is 13.3 Å².